The zero-order chi connectivity index (χ0) is 13.4. The topological polar surface area (TPSA) is 12.0 Å². The van der Waals surface area contributed by atoms with Crippen molar-refractivity contribution in [1.82, 2.24) is 5.32 Å². The lowest BCUT2D eigenvalue weighted by Crippen LogP contribution is -2.56. The van der Waals surface area contributed by atoms with Crippen LogP contribution in [0.2, 0.25) is 0 Å². The van der Waals surface area contributed by atoms with Gasteiger partial charge in [-0.15, -0.1) is 0 Å². The fourth-order valence-corrected chi connectivity index (χ4v) is 5.47. The van der Waals surface area contributed by atoms with Crippen LogP contribution in [0.25, 0.3) is 0 Å². The van der Waals surface area contributed by atoms with Gasteiger partial charge in [0.15, 0.2) is 0 Å². The first-order chi connectivity index (χ1) is 9.19. The van der Waals surface area contributed by atoms with E-state index in [1.807, 2.05) is 0 Å². The van der Waals surface area contributed by atoms with E-state index in [0.29, 0.717) is 0 Å². The fraction of sp³-hybridized carbons (Fsp3) is 1.00. The van der Waals surface area contributed by atoms with Gasteiger partial charge >= 0.3 is 0 Å². The Morgan fingerprint density at radius 2 is 1.47 bits per heavy atom. The van der Waals surface area contributed by atoms with E-state index in [4.69, 9.17) is 0 Å². The summed E-state index contributed by atoms with van der Waals surface area (Å²) in [6, 6.07) is 1.65. The third kappa shape index (κ3) is 2.86. The highest BCUT2D eigenvalue weighted by Gasteiger charge is 2.48. The lowest BCUT2D eigenvalue weighted by molar-refractivity contribution is -0.0187. The van der Waals surface area contributed by atoms with Crippen LogP contribution >= 0.6 is 0 Å². The Labute approximate surface area is 119 Å². The molecule has 19 heavy (non-hydrogen) atoms. The Bertz CT molecular complexity index is 270. The molecule has 4 aliphatic rings. The van der Waals surface area contributed by atoms with Crippen LogP contribution < -0.4 is 5.32 Å². The smallest absolute Gasteiger partial charge is 0.0127 e. The Balaban J connectivity index is 1.59. The molecular formula is C18H33N. The number of hydrogen-bond donors (Lipinski definition) is 1. The van der Waals surface area contributed by atoms with Gasteiger partial charge in [-0.1, -0.05) is 27.2 Å². The second kappa shape index (κ2) is 5.76. The van der Waals surface area contributed by atoms with Gasteiger partial charge in [-0.2, -0.15) is 0 Å². The predicted molar refractivity (Wildman–Crippen MR) is 82.1 cm³/mol. The molecule has 0 aromatic heterocycles. The first-order valence-corrected chi connectivity index (χ1v) is 8.95. The maximum absolute atomic E-state index is 4.11. The van der Waals surface area contributed by atoms with Crippen molar-refractivity contribution in [1.29, 1.82) is 0 Å². The van der Waals surface area contributed by atoms with E-state index in [2.05, 4.69) is 26.1 Å². The molecule has 4 fully saturated rings. The monoisotopic (exact) mass is 263 g/mol. The van der Waals surface area contributed by atoms with E-state index in [-0.39, 0.29) is 0 Å². The third-order valence-corrected chi connectivity index (χ3v) is 6.53. The SMILES string of the molecule is CCC(C)CC(CC)NC1C2CC3CC(C2)CC1C3. The molecule has 0 aromatic carbocycles. The second-order valence-corrected chi connectivity index (χ2v) is 7.98. The number of rotatable bonds is 6. The molecule has 1 heteroatoms. The van der Waals surface area contributed by atoms with Gasteiger partial charge in [0.05, 0.1) is 0 Å². The highest BCUT2D eigenvalue weighted by Crippen LogP contribution is 2.53. The van der Waals surface area contributed by atoms with Gasteiger partial charge in [-0.25, -0.2) is 0 Å². The zero-order valence-electron chi connectivity index (χ0n) is 13.2. The zero-order valence-corrected chi connectivity index (χ0v) is 13.2. The van der Waals surface area contributed by atoms with Crippen LogP contribution in [0.15, 0.2) is 0 Å². The molecule has 2 unspecified atom stereocenters. The summed E-state index contributed by atoms with van der Waals surface area (Å²) in [5.74, 6) is 5.16. The molecule has 4 rings (SSSR count). The summed E-state index contributed by atoms with van der Waals surface area (Å²) in [5, 5.41) is 4.11. The number of hydrogen-bond acceptors (Lipinski definition) is 1. The average Bonchev–Trinajstić information content (AvgIpc) is 2.40. The van der Waals surface area contributed by atoms with Crippen molar-refractivity contribution in [2.24, 2.45) is 29.6 Å². The van der Waals surface area contributed by atoms with Crippen molar-refractivity contribution in [3.63, 3.8) is 0 Å². The number of nitrogens with one attached hydrogen (secondary N) is 1. The normalized spacial score (nSPS) is 43.4. The Kier molecular flexibility index (Phi) is 4.22. The van der Waals surface area contributed by atoms with Gasteiger partial charge in [0.2, 0.25) is 0 Å². The van der Waals surface area contributed by atoms with Crippen molar-refractivity contribution in [2.75, 3.05) is 0 Å². The van der Waals surface area contributed by atoms with Crippen LogP contribution in [0.1, 0.15) is 72.1 Å². The molecule has 0 spiro atoms. The Morgan fingerprint density at radius 1 is 0.895 bits per heavy atom. The molecule has 4 aliphatic carbocycles. The first-order valence-electron chi connectivity index (χ1n) is 8.95. The van der Waals surface area contributed by atoms with E-state index in [9.17, 15) is 0 Å². The second-order valence-electron chi connectivity index (χ2n) is 7.98. The van der Waals surface area contributed by atoms with Crippen molar-refractivity contribution in [3.05, 3.63) is 0 Å². The van der Waals surface area contributed by atoms with E-state index >= 15 is 0 Å². The largest absolute Gasteiger partial charge is 0.311 e. The van der Waals surface area contributed by atoms with Crippen molar-refractivity contribution in [3.8, 4) is 0 Å². The first kappa shape index (κ1) is 13.9. The summed E-state index contributed by atoms with van der Waals surface area (Å²) in [6.07, 6.45) is 11.8. The highest BCUT2D eigenvalue weighted by molar-refractivity contribution is 5.02. The molecule has 0 heterocycles. The predicted octanol–water partition coefficient (Wildman–Crippen LogP) is 4.62. The van der Waals surface area contributed by atoms with Gasteiger partial charge in [-0.05, 0) is 74.5 Å². The highest BCUT2D eigenvalue weighted by atomic mass is 15.0. The molecule has 2 atom stereocenters. The van der Waals surface area contributed by atoms with Crippen molar-refractivity contribution in [2.45, 2.75) is 84.2 Å². The molecule has 0 aliphatic heterocycles. The molecule has 4 saturated carbocycles. The fourth-order valence-electron chi connectivity index (χ4n) is 5.47. The molecule has 0 saturated heterocycles. The molecule has 0 amide bonds. The summed E-state index contributed by atoms with van der Waals surface area (Å²) < 4.78 is 0. The molecular weight excluding hydrogens is 230 g/mol. The summed E-state index contributed by atoms with van der Waals surface area (Å²) in [4.78, 5) is 0. The van der Waals surface area contributed by atoms with Gasteiger partial charge in [0, 0.05) is 12.1 Å². The minimum Gasteiger partial charge on any atom is -0.311 e. The van der Waals surface area contributed by atoms with Crippen LogP contribution in [0, 0.1) is 29.6 Å². The van der Waals surface area contributed by atoms with Crippen LogP contribution in [0.3, 0.4) is 0 Å². The maximum Gasteiger partial charge on any atom is 0.0127 e. The van der Waals surface area contributed by atoms with Gasteiger partial charge in [0.1, 0.15) is 0 Å². The summed E-state index contributed by atoms with van der Waals surface area (Å²) in [7, 11) is 0. The van der Waals surface area contributed by atoms with E-state index in [0.717, 1.165) is 41.7 Å². The maximum atomic E-state index is 4.11. The molecule has 1 nitrogen and oxygen atoms in total. The van der Waals surface area contributed by atoms with E-state index < -0.39 is 0 Å². The molecule has 110 valence electrons. The van der Waals surface area contributed by atoms with Crippen LogP contribution in [-0.2, 0) is 0 Å². The molecule has 4 bridgehead atoms. The van der Waals surface area contributed by atoms with E-state index in [1.54, 1.807) is 32.1 Å². The minimum atomic E-state index is 0.775. The lowest BCUT2D eigenvalue weighted by atomic mass is 9.54. The van der Waals surface area contributed by atoms with E-state index in [1.165, 1.54) is 19.3 Å². The van der Waals surface area contributed by atoms with Crippen LogP contribution in [-0.4, -0.2) is 12.1 Å². The Morgan fingerprint density at radius 3 is 1.95 bits per heavy atom. The van der Waals surface area contributed by atoms with Crippen LogP contribution in [0.4, 0.5) is 0 Å². The van der Waals surface area contributed by atoms with Crippen molar-refractivity contribution < 1.29 is 0 Å². The summed E-state index contributed by atoms with van der Waals surface area (Å²) in [5.41, 5.74) is 0. The van der Waals surface area contributed by atoms with Crippen molar-refractivity contribution >= 4 is 0 Å². The Hall–Kier alpha value is -0.0400. The average molecular weight is 263 g/mol. The lowest BCUT2D eigenvalue weighted by Gasteiger charge is -2.55. The molecule has 0 radical (unpaired) electrons. The van der Waals surface area contributed by atoms with Gasteiger partial charge in [0.25, 0.3) is 0 Å². The van der Waals surface area contributed by atoms with Gasteiger partial charge < -0.3 is 5.32 Å². The summed E-state index contributed by atoms with van der Waals surface area (Å²) >= 11 is 0. The molecule has 1 N–H and O–H groups in total. The van der Waals surface area contributed by atoms with Gasteiger partial charge in [-0.3, -0.25) is 0 Å². The third-order valence-electron chi connectivity index (χ3n) is 6.53. The van der Waals surface area contributed by atoms with Crippen LogP contribution in [0.5, 0.6) is 0 Å². The quantitative estimate of drug-likeness (QED) is 0.737. The minimum absolute atomic E-state index is 0.775. The molecule has 0 aromatic rings. The summed E-state index contributed by atoms with van der Waals surface area (Å²) in [6.45, 7) is 7.12. The standard InChI is InChI=1S/C18H33N/c1-4-12(3)6-17(5-2)19-18-15-8-13-7-14(10-15)11-16(18)9-13/h12-19H,4-11H2,1-3H3.